The van der Waals surface area contributed by atoms with Crippen LogP contribution in [0.2, 0.25) is 5.02 Å². The molecule has 0 heterocycles. The highest BCUT2D eigenvalue weighted by Gasteiger charge is 2.32. The fraction of sp³-hybridized carbons (Fsp3) is 0.357. The lowest BCUT2D eigenvalue weighted by atomic mass is 10.0. The van der Waals surface area contributed by atoms with E-state index in [1.54, 1.807) is 13.1 Å². The number of benzene rings is 1. The van der Waals surface area contributed by atoms with Crippen molar-refractivity contribution in [2.45, 2.75) is 19.4 Å². The fourth-order valence-corrected chi connectivity index (χ4v) is 1.68. The first kappa shape index (κ1) is 17.0. The number of nitriles is 1. The molecule has 1 aromatic rings. The van der Waals surface area contributed by atoms with Crippen LogP contribution in [0.4, 0.5) is 5.69 Å². The van der Waals surface area contributed by atoms with Crippen LogP contribution >= 0.6 is 11.6 Å². The Hall–Kier alpha value is -2.10. The van der Waals surface area contributed by atoms with E-state index >= 15 is 0 Å². The van der Waals surface area contributed by atoms with Gasteiger partial charge in [0, 0.05) is 5.69 Å². The van der Waals surface area contributed by atoms with Crippen molar-refractivity contribution in [2.75, 3.05) is 18.9 Å². The first-order valence-electron chi connectivity index (χ1n) is 6.12. The summed E-state index contributed by atoms with van der Waals surface area (Å²) in [6.45, 7) is 2.94. The number of carboxylic acids is 1. The minimum Gasteiger partial charge on any atom is -0.480 e. The standard InChI is InChI=1S/C14H16ClN3O3/c1-14(2,13(20)21)18(3)8-12(19)17-10-5-4-9(7-16)11(15)6-10/h4-6H,8H2,1-3H3,(H,17,19)(H,20,21). The van der Waals surface area contributed by atoms with Crippen LogP contribution in [0, 0.1) is 11.3 Å². The van der Waals surface area contributed by atoms with Crippen LogP contribution < -0.4 is 5.32 Å². The summed E-state index contributed by atoms with van der Waals surface area (Å²) in [6.07, 6.45) is 0. The zero-order valence-electron chi connectivity index (χ0n) is 12.0. The van der Waals surface area contributed by atoms with Gasteiger partial charge in [-0.05, 0) is 39.1 Å². The first-order chi connectivity index (χ1) is 9.68. The van der Waals surface area contributed by atoms with Gasteiger partial charge in [0.2, 0.25) is 5.91 Å². The Bertz CT molecular complexity index is 608. The van der Waals surface area contributed by atoms with Gasteiger partial charge >= 0.3 is 5.97 Å². The van der Waals surface area contributed by atoms with Crippen LogP contribution in [-0.2, 0) is 9.59 Å². The van der Waals surface area contributed by atoms with Gasteiger partial charge in [-0.2, -0.15) is 5.26 Å². The largest absolute Gasteiger partial charge is 0.480 e. The molecule has 0 aliphatic carbocycles. The molecule has 21 heavy (non-hydrogen) atoms. The van der Waals surface area contributed by atoms with Gasteiger partial charge in [0.25, 0.3) is 0 Å². The van der Waals surface area contributed by atoms with Gasteiger partial charge < -0.3 is 10.4 Å². The van der Waals surface area contributed by atoms with E-state index in [4.69, 9.17) is 22.0 Å². The van der Waals surface area contributed by atoms with Crippen molar-refractivity contribution in [3.05, 3.63) is 28.8 Å². The quantitative estimate of drug-likeness (QED) is 0.867. The lowest BCUT2D eigenvalue weighted by Crippen LogP contribution is -2.50. The van der Waals surface area contributed by atoms with Crippen LogP contribution in [0.25, 0.3) is 0 Å². The molecule has 0 unspecified atom stereocenters. The van der Waals surface area contributed by atoms with Crippen molar-refractivity contribution in [3.8, 4) is 6.07 Å². The summed E-state index contributed by atoms with van der Waals surface area (Å²) in [7, 11) is 1.56. The van der Waals surface area contributed by atoms with E-state index in [0.717, 1.165) is 0 Å². The number of likely N-dealkylation sites (N-methyl/N-ethyl adjacent to an activating group) is 1. The topological polar surface area (TPSA) is 93.4 Å². The molecule has 0 spiro atoms. The van der Waals surface area contributed by atoms with Crippen LogP contribution in [0.1, 0.15) is 19.4 Å². The highest BCUT2D eigenvalue weighted by molar-refractivity contribution is 6.32. The SMILES string of the molecule is CN(CC(=O)Nc1ccc(C#N)c(Cl)c1)C(C)(C)C(=O)O. The Kier molecular flexibility index (Phi) is 5.30. The Balaban J connectivity index is 2.73. The Labute approximate surface area is 127 Å². The first-order valence-corrected chi connectivity index (χ1v) is 6.50. The molecule has 0 saturated heterocycles. The van der Waals surface area contributed by atoms with Crippen molar-refractivity contribution in [2.24, 2.45) is 0 Å². The molecule has 112 valence electrons. The second kappa shape index (κ2) is 6.57. The van der Waals surface area contributed by atoms with Crippen LogP contribution in [-0.4, -0.2) is 41.0 Å². The zero-order chi connectivity index (χ0) is 16.2. The number of rotatable bonds is 5. The van der Waals surface area contributed by atoms with Crippen molar-refractivity contribution < 1.29 is 14.7 Å². The molecule has 1 aromatic carbocycles. The average Bonchev–Trinajstić information content (AvgIpc) is 2.38. The average molecular weight is 310 g/mol. The number of anilines is 1. The van der Waals surface area contributed by atoms with Crippen molar-refractivity contribution in [1.29, 1.82) is 5.26 Å². The molecular weight excluding hydrogens is 294 g/mol. The molecular formula is C14H16ClN3O3. The summed E-state index contributed by atoms with van der Waals surface area (Å²) in [4.78, 5) is 24.4. The molecule has 1 amide bonds. The maximum atomic E-state index is 11.9. The molecule has 0 fully saturated rings. The van der Waals surface area contributed by atoms with E-state index in [1.807, 2.05) is 6.07 Å². The molecule has 0 aliphatic rings. The number of nitrogens with one attached hydrogen (secondary N) is 1. The third-order valence-corrected chi connectivity index (χ3v) is 3.54. The number of hydrogen-bond acceptors (Lipinski definition) is 4. The predicted octanol–water partition coefficient (Wildman–Crippen LogP) is 1.95. The summed E-state index contributed by atoms with van der Waals surface area (Å²) in [5.74, 6) is -1.38. The molecule has 0 saturated carbocycles. The number of carboxylic acid groups (broad SMARTS) is 1. The van der Waals surface area contributed by atoms with Gasteiger partial charge in [-0.15, -0.1) is 0 Å². The van der Waals surface area contributed by atoms with Crippen LogP contribution in [0.5, 0.6) is 0 Å². The highest BCUT2D eigenvalue weighted by atomic mass is 35.5. The molecule has 0 atom stereocenters. The molecule has 6 nitrogen and oxygen atoms in total. The Morgan fingerprint density at radius 2 is 2.10 bits per heavy atom. The lowest BCUT2D eigenvalue weighted by molar-refractivity contribution is -0.148. The summed E-state index contributed by atoms with van der Waals surface area (Å²) < 4.78 is 0. The number of aliphatic carboxylic acids is 1. The highest BCUT2D eigenvalue weighted by Crippen LogP contribution is 2.20. The summed E-state index contributed by atoms with van der Waals surface area (Å²) in [6, 6.07) is 6.46. The minimum atomic E-state index is -1.15. The number of carbonyl (C=O) groups excluding carboxylic acids is 1. The normalized spacial score (nSPS) is 11.0. The van der Waals surface area contributed by atoms with E-state index in [0.29, 0.717) is 11.3 Å². The molecule has 7 heteroatoms. The van der Waals surface area contributed by atoms with Crippen molar-refractivity contribution in [3.63, 3.8) is 0 Å². The van der Waals surface area contributed by atoms with Gasteiger partial charge in [0.15, 0.2) is 0 Å². The molecule has 2 N–H and O–H groups in total. The van der Waals surface area contributed by atoms with Crippen molar-refractivity contribution >= 4 is 29.2 Å². The maximum absolute atomic E-state index is 11.9. The van der Waals surface area contributed by atoms with Crippen LogP contribution in [0.3, 0.4) is 0 Å². The summed E-state index contributed by atoms with van der Waals surface area (Å²) in [5, 5.41) is 20.7. The smallest absolute Gasteiger partial charge is 0.323 e. The maximum Gasteiger partial charge on any atom is 0.323 e. The van der Waals surface area contributed by atoms with E-state index < -0.39 is 11.5 Å². The third kappa shape index (κ3) is 4.18. The Morgan fingerprint density at radius 1 is 1.48 bits per heavy atom. The number of nitrogens with zero attached hydrogens (tertiary/aromatic N) is 2. The van der Waals surface area contributed by atoms with E-state index in [-0.39, 0.29) is 17.5 Å². The lowest BCUT2D eigenvalue weighted by Gasteiger charge is -2.30. The predicted molar refractivity (Wildman–Crippen MR) is 79.1 cm³/mol. The second-order valence-corrected chi connectivity index (χ2v) is 5.48. The number of amides is 1. The molecule has 0 bridgehead atoms. The van der Waals surface area contributed by atoms with E-state index in [2.05, 4.69) is 5.32 Å². The van der Waals surface area contributed by atoms with E-state index in [1.165, 1.54) is 30.9 Å². The molecule has 0 aromatic heterocycles. The van der Waals surface area contributed by atoms with E-state index in [9.17, 15) is 9.59 Å². The monoisotopic (exact) mass is 309 g/mol. The van der Waals surface area contributed by atoms with Gasteiger partial charge in [0.05, 0.1) is 17.1 Å². The van der Waals surface area contributed by atoms with Crippen LogP contribution in [0.15, 0.2) is 18.2 Å². The molecule has 0 radical (unpaired) electrons. The summed E-state index contributed by atoms with van der Waals surface area (Å²) in [5.41, 5.74) is -0.385. The zero-order valence-corrected chi connectivity index (χ0v) is 12.7. The van der Waals surface area contributed by atoms with Gasteiger partial charge in [-0.3, -0.25) is 14.5 Å². The van der Waals surface area contributed by atoms with Gasteiger partial charge in [0.1, 0.15) is 11.6 Å². The molecule has 1 rings (SSSR count). The van der Waals surface area contributed by atoms with Gasteiger partial charge in [-0.25, -0.2) is 0 Å². The molecule has 0 aliphatic heterocycles. The minimum absolute atomic E-state index is 0.0864. The number of hydrogen-bond donors (Lipinski definition) is 2. The fourth-order valence-electron chi connectivity index (χ4n) is 1.46. The number of halogens is 1. The third-order valence-electron chi connectivity index (χ3n) is 3.23. The second-order valence-electron chi connectivity index (χ2n) is 5.07. The van der Waals surface area contributed by atoms with Gasteiger partial charge in [-0.1, -0.05) is 11.6 Å². The summed E-state index contributed by atoms with van der Waals surface area (Å²) >= 11 is 5.87. The Morgan fingerprint density at radius 3 is 2.57 bits per heavy atom. The number of carbonyl (C=O) groups is 2. The van der Waals surface area contributed by atoms with Crippen molar-refractivity contribution in [1.82, 2.24) is 4.90 Å².